The molecule has 2 amide bonds. The number of carbonyl (C=O) groups is 1. The molecular weight excluding hydrogens is 224 g/mol. The maximum absolute atomic E-state index is 11.4. The number of hydrogen-bond donors (Lipinski definition) is 2. The van der Waals surface area contributed by atoms with Gasteiger partial charge in [-0.3, -0.25) is 4.90 Å². The second kappa shape index (κ2) is 4.55. The Kier molecular flexibility index (Phi) is 3.30. The molecule has 2 fully saturated rings. The van der Waals surface area contributed by atoms with Crippen molar-refractivity contribution in [1.29, 1.82) is 0 Å². The lowest BCUT2D eigenvalue weighted by atomic mass is 10.1. The van der Waals surface area contributed by atoms with Gasteiger partial charge in [-0.2, -0.15) is 0 Å². The zero-order valence-electron chi connectivity index (χ0n) is 9.48. The normalized spacial score (nSPS) is 27.4. The number of hydrogen-bond acceptors (Lipinski definition) is 3. The average Bonchev–Trinajstić information content (AvgIpc) is 2.61. The van der Waals surface area contributed by atoms with E-state index in [1.807, 2.05) is 4.90 Å². The summed E-state index contributed by atoms with van der Waals surface area (Å²) in [5.74, 6) is 0. The maximum Gasteiger partial charge on any atom is 0.317 e. The molecule has 5 nitrogen and oxygen atoms in total. The van der Waals surface area contributed by atoms with Crippen molar-refractivity contribution in [1.82, 2.24) is 15.1 Å². The van der Waals surface area contributed by atoms with Crippen LogP contribution in [0.1, 0.15) is 13.3 Å². The molecule has 2 rings (SSSR count). The van der Waals surface area contributed by atoms with Crippen LogP contribution in [0.3, 0.4) is 0 Å². The van der Waals surface area contributed by atoms with Crippen LogP contribution < -0.4 is 11.1 Å². The predicted molar refractivity (Wildman–Crippen MR) is 66.3 cm³/mol. The molecule has 2 heterocycles. The van der Waals surface area contributed by atoms with Gasteiger partial charge in [0.2, 0.25) is 0 Å². The van der Waals surface area contributed by atoms with Crippen LogP contribution in [0.5, 0.6) is 0 Å². The second-order valence-electron chi connectivity index (χ2n) is 4.35. The molecule has 0 aromatic carbocycles. The number of nitrogens with zero attached hydrogens (tertiary/aromatic N) is 2. The molecule has 16 heavy (non-hydrogen) atoms. The molecular formula is C10H18N4OS. The molecule has 2 aliphatic rings. The molecule has 2 saturated heterocycles. The topological polar surface area (TPSA) is 61.6 Å². The third-order valence-corrected chi connectivity index (χ3v) is 3.69. The lowest BCUT2D eigenvalue weighted by Crippen LogP contribution is -2.57. The van der Waals surface area contributed by atoms with E-state index in [1.165, 1.54) is 0 Å². The fourth-order valence-electron chi connectivity index (χ4n) is 2.55. The number of carbonyl (C=O) groups excluding carboxylic acids is 1. The summed E-state index contributed by atoms with van der Waals surface area (Å²) in [7, 11) is 0. The maximum atomic E-state index is 11.4. The molecule has 3 N–H and O–H groups in total. The first-order valence-corrected chi connectivity index (χ1v) is 6.12. The number of urea groups is 1. The smallest absolute Gasteiger partial charge is 0.317 e. The highest BCUT2D eigenvalue weighted by Crippen LogP contribution is 2.17. The van der Waals surface area contributed by atoms with Gasteiger partial charge in [-0.15, -0.1) is 0 Å². The molecule has 0 aromatic rings. The monoisotopic (exact) mass is 242 g/mol. The van der Waals surface area contributed by atoms with Gasteiger partial charge in [0, 0.05) is 26.2 Å². The minimum atomic E-state index is 0.0630. The van der Waals surface area contributed by atoms with Crippen LogP contribution >= 0.6 is 12.2 Å². The van der Waals surface area contributed by atoms with E-state index in [0.717, 1.165) is 32.6 Å². The van der Waals surface area contributed by atoms with Crippen molar-refractivity contribution in [2.75, 3.05) is 26.2 Å². The highest BCUT2D eigenvalue weighted by Gasteiger charge is 2.37. The van der Waals surface area contributed by atoms with Gasteiger partial charge in [0.25, 0.3) is 0 Å². The number of piperazine rings is 1. The van der Waals surface area contributed by atoms with Gasteiger partial charge in [0.05, 0.1) is 17.1 Å². The minimum absolute atomic E-state index is 0.0630. The second-order valence-corrected chi connectivity index (χ2v) is 4.83. The third-order valence-electron chi connectivity index (χ3n) is 3.42. The first kappa shape index (κ1) is 11.6. The van der Waals surface area contributed by atoms with Crippen LogP contribution in [-0.2, 0) is 0 Å². The fourth-order valence-corrected chi connectivity index (χ4v) is 2.87. The van der Waals surface area contributed by atoms with Crippen LogP contribution in [-0.4, -0.2) is 59.1 Å². The molecule has 0 spiro atoms. The van der Waals surface area contributed by atoms with Crippen molar-refractivity contribution in [3.63, 3.8) is 0 Å². The van der Waals surface area contributed by atoms with Crippen LogP contribution in [0.15, 0.2) is 0 Å². The average molecular weight is 242 g/mol. The van der Waals surface area contributed by atoms with Gasteiger partial charge in [-0.1, -0.05) is 19.1 Å². The Hall–Kier alpha value is -0.880. The number of amides is 2. The van der Waals surface area contributed by atoms with Crippen molar-refractivity contribution in [2.24, 2.45) is 5.73 Å². The molecule has 0 aromatic heterocycles. The van der Waals surface area contributed by atoms with Crippen LogP contribution in [0, 0.1) is 0 Å². The van der Waals surface area contributed by atoms with Crippen LogP contribution in [0.25, 0.3) is 0 Å². The van der Waals surface area contributed by atoms with Gasteiger partial charge in [0.1, 0.15) is 0 Å². The van der Waals surface area contributed by atoms with E-state index in [0.29, 0.717) is 4.99 Å². The number of fused-ring (bicyclic) bond motifs is 1. The molecule has 0 bridgehead atoms. The number of nitrogens with one attached hydrogen (secondary N) is 1. The fraction of sp³-hybridized carbons (Fsp3) is 0.800. The Morgan fingerprint density at radius 3 is 3.06 bits per heavy atom. The van der Waals surface area contributed by atoms with Gasteiger partial charge in [0.15, 0.2) is 0 Å². The lowest BCUT2D eigenvalue weighted by molar-refractivity contribution is 0.107. The number of thiocarbonyl (C=S) groups is 1. The van der Waals surface area contributed by atoms with Gasteiger partial charge in [-0.05, 0) is 6.42 Å². The van der Waals surface area contributed by atoms with Crippen LogP contribution in [0.2, 0.25) is 0 Å². The molecule has 2 aliphatic heterocycles. The molecule has 0 radical (unpaired) electrons. The first-order valence-electron chi connectivity index (χ1n) is 5.71. The summed E-state index contributed by atoms with van der Waals surface area (Å²) in [6, 6.07) is 0.519. The zero-order valence-corrected chi connectivity index (χ0v) is 10.3. The Labute approximate surface area is 101 Å². The highest BCUT2D eigenvalue weighted by atomic mass is 32.1. The van der Waals surface area contributed by atoms with E-state index in [9.17, 15) is 4.79 Å². The van der Waals surface area contributed by atoms with Gasteiger partial charge < -0.3 is 16.0 Å². The van der Waals surface area contributed by atoms with Crippen molar-refractivity contribution in [3.05, 3.63) is 0 Å². The lowest BCUT2D eigenvalue weighted by Gasteiger charge is -2.40. The Balaban J connectivity index is 2.01. The summed E-state index contributed by atoms with van der Waals surface area (Å²) in [5.41, 5.74) is 5.74. The largest absolute Gasteiger partial charge is 0.392 e. The Morgan fingerprint density at radius 2 is 2.44 bits per heavy atom. The molecule has 0 saturated carbocycles. The third kappa shape index (κ3) is 1.99. The van der Waals surface area contributed by atoms with Crippen LogP contribution in [0.4, 0.5) is 4.79 Å². The van der Waals surface area contributed by atoms with Crippen molar-refractivity contribution in [3.8, 4) is 0 Å². The first-order chi connectivity index (χ1) is 7.63. The zero-order chi connectivity index (χ0) is 11.7. The predicted octanol–water partition coefficient (Wildman–Crippen LogP) is -0.239. The summed E-state index contributed by atoms with van der Waals surface area (Å²) in [6.07, 6.45) is 0.934. The van der Waals surface area contributed by atoms with E-state index in [4.69, 9.17) is 18.0 Å². The number of rotatable bonds is 3. The summed E-state index contributed by atoms with van der Waals surface area (Å²) in [6.45, 7) is 5.33. The molecule has 0 aliphatic carbocycles. The SMILES string of the molecule is CCC(C(N)=S)N1CCN2C(=O)NCC2C1. The summed E-state index contributed by atoms with van der Waals surface area (Å²) in [4.78, 5) is 16.2. The Bertz CT molecular complexity index is 309. The van der Waals surface area contributed by atoms with Gasteiger partial charge >= 0.3 is 6.03 Å². The quantitative estimate of drug-likeness (QED) is 0.671. The van der Waals surface area contributed by atoms with Crippen molar-refractivity contribution in [2.45, 2.75) is 25.4 Å². The summed E-state index contributed by atoms with van der Waals surface area (Å²) in [5, 5.41) is 2.86. The van der Waals surface area contributed by atoms with E-state index >= 15 is 0 Å². The Morgan fingerprint density at radius 1 is 1.69 bits per heavy atom. The van der Waals surface area contributed by atoms with Crippen molar-refractivity contribution < 1.29 is 4.79 Å². The van der Waals surface area contributed by atoms with E-state index < -0.39 is 0 Å². The summed E-state index contributed by atoms with van der Waals surface area (Å²) >= 11 is 5.08. The summed E-state index contributed by atoms with van der Waals surface area (Å²) < 4.78 is 0. The molecule has 90 valence electrons. The van der Waals surface area contributed by atoms with E-state index in [2.05, 4.69) is 17.1 Å². The standard InChI is InChI=1S/C10H18N4OS/c1-2-8(9(11)16)13-3-4-14-7(6-13)5-12-10(14)15/h7-8H,2-6H2,1H3,(H2,11,16)(H,12,15). The van der Waals surface area contributed by atoms with E-state index in [1.54, 1.807) is 0 Å². The molecule has 2 unspecified atom stereocenters. The number of nitrogens with two attached hydrogens (primary N) is 1. The molecule has 2 atom stereocenters. The van der Waals surface area contributed by atoms with Gasteiger partial charge in [-0.25, -0.2) is 4.79 Å². The minimum Gasteiger partial charge on any atom is -0.392 e. The van der Waals surface area contributed by atoms with Crippen molar-refractivity contribution >= 4 is 23.2 Å². The van der Waals surface area contributed by atoms with E-state index in [-0.39, 0.29) is 18.1 Å². The molecule has 6 heteroatoms. The highest BCUT2D eigenvalue weighted by molar-refractivity contribution is 7.80.